The third-order valence-electron chi connectivity index (χ3n) is 6.07. The zero-order chi connectivity index (χ0) is 21.8. The van der Waals surface area contributed by atoms with Crippen molar-refractivity contribution in [3.8, 4) is 0 Å². The van der Waals surface area contributed by atoms with Crippen molar-refractivity contribution in [2.75, 3.05) is 31.1 Å². The highest BCUT2D eigenvalue weighted by molar-refractivity contribution is 5.69. The van der Waals surface area contributed by atoms with Crippen LogP contribution in [0.4, 0.5) is 15.1 Å². The Morgan fingerprint density at radius 1 is 1.06 bits per heavy atom. The van der Waals surface area contributed by atoms with Crippen LogP contribution in [-0.4, -0.2) is 70.2 Å². The number of piperidine rings is 1. The van der Waals surface area contributed by atoms with Gasteiger partial charge in [-0.05, 0) is 32.3 Å². The van der Waals surface area contributed by atoms with Crippen LogP contribution in [0.1, 0.15) is 32.3 Å². The van der Waals surface area contributed by atoms with Crippen molar-refractivity contribution in [1.82, 2.24) is 19.8 Å². The van der Waals surface area contributed by atoms with Gasteiger partial charge in [0.25, 0.3) is 0 Å². The second-order valence-corrected chi connectivity index (χ2v) is 8.56. The smallest absolute Gasteiger partial charge is 0.410 e. The van der Waals surface area contributed by atoms with Crippen LogP contribution < -0.4 is 4.90 Å². The number of piperazine rings is 1. The summed E-state index contributed by atoms with van der Waals surface area (Å²) in [5.74, 6) is 0.0285. The fourth-order valence-corrected chi connectivity index (χ4v) is 4.55. The van der Waals surface area contributed by atoms with Crippen LogP contribution in [0.2, 0.25) is 0 Å². The highest BCUT2D eigenvalue weighted by Crippen LogP contribution is 2.23. The number of nitrogens with zero attached hydrogens (tertiary/aromatic N) is 5. The summed E-state index contributed by atoms with van der Waals surface area (Å²) in [6.07, 6.45) is 3.75. The molecule has 0 aliphatic carbocycles. The van der Waals surface area contributed by atoms with E-state index in [1.165, 1.54) is 18.0 Å². The molecule has 7 nitrogen and oxygen atoms in total. The van der Waals surface area contributed by atoms with E-state index in [0.717, 1.165) is 32.5 Å². The normalized spacial score (nSPS) is 23.1. The number of hydrogen-bond acceptors (Lipinski definition) is 6. The van der Waals surface area contributed by atoms with E-state index >= 15 is 0 Å². The lowest BCUT2D eigenvalue weighted by Gasteiger charge is -2.44. The fourth-order valence-electron chi connectivity index (χ4n) is 4.55. The van der Waals surface area contributed by atoms with Crippen LogP contribution >= 0.6 is 0 Å². The van der Waals surface area contributed by atoms with Crippen LogP contribution in [0, 0.1) is 5.82 Å². The van der Waals surface area contributed by atoms with Crippen LogP contribution in [0.3, 0.4) is 0 Å². The Morgan fingerprint density at radius 3 is 2.29 bits per heavy atom. The molecule has 0 radical (unpaired) electrons. The molecule has 1 aromatic carbocycles. The number of likely N-dealkylation sites (tertiary alicyclic amines) is 1. The van der Waals surface area contributed by atoms with E-state index in [0.29, 0.717) is 19.0 Å². The molecular formula is C23H30FN5O2. The molecule has 1 amide bonds. The monoisotopic (exact) mass is 427 g/mol. The van der Waals surface area contributed by atoms with Crippen molar-refractivity contribution in [1.29, 1.82) is 0 Å². The largest absolute Gasteiger partial charge is 0.446 e. The van der Waals surface area contributed by atoms with Crippen LogP contribution in [0.5, 0.6) is 0 Å². The van der Waals surface area contributed by atoms with E-state index in [4.69, 9.17) is 4.74 Å². The molecule has 0 spiro atoms. The van der Waals surface area contributed by atoms with Gasteiger partial charge in [0, 0.05) is 32.7 Å². The van der Waals surface area contributed by atoms with E-state index in [2.05, 4.69) is 39.1 Å². The Hall–Kier alpha value is -2.74. The molecule has 2 aromatic rings. The van der Waals surface area contributed by atoms with E-state index in [-0.39, 0.29) is 24.3 Å². The minimum atomic E-state index is -0.457. The molecule has 8 heteroatoms. The first kappa shape index (κ1) is 21.5. The van der Waals surface area contributed by atoms with Gasteiger partial charge in [-0.2, -0.15) is 0 Å². The predicted octanol–water partition coefficient (Wildman–Crippen LogP) is 3.32. The molecule has 0 bridgehead atoms. The maximum Gasteiger partial charge on any atom is 0.410 e. The summed E-state index contributed by atoms with van der Waals surface area (Å²) >= 11 is 0. The summed E-state index contributed by atoms with van der Waals surface area (Å²) in [6, 6.07) is 10.3. The molecule has 31 heavy (non-hydrogen) atoms. The zero-order valence-corrected chi connectivity index (χ0v) is 18.2. The number of carbonyl (C=O) groups excluding carboxylic acids is 1. The third kappa shape index (κ3) is 5.31. The van der Waals surface area contributed by atoms with Crippen molar-refractivity contribution >= 4 is 12.0 Å². The maximum absolute atomic E-state index is 13.1. The highest BCUT2D eigenvalue weighted by atomic mass is 19.1. The standard InChI is InChI=1S/C23H30FN5O2/c1-17-14-28(22-25-12-20(24)13-26-22)15-18(2)29(17)23(30)31-21-8-10-27(11-9-21)16-19-6-4-3-5-7-19/h3-7,12-13,17-18,21H,8-11,14-16H2,1-2H3/t17-,18-/m1/s1. The summed E-state index contributed by atoms with van der Waals surface area (Å²) in [5, 5.41) is 0. The SMILES string of the molecule is C[C@@H]1CN(c2ncc(F)cn2)C[C@@H](C)N1C(=O)OC1CCN(Cc2ccccc2)CC1. The van der Waals surface area contributed by atoms with Gasteiger partial charge in [-0.25, -0.2) is 19.2 Å². The van der Waals surface area contributed by atoms with E-state index in [1.807, 2.05) is 29.7 Å². The molecule has 1 aromatic heterocycles. The molecule has 2 aliphatic heterocycles. The average molecular weight is 428 g/mol. The first-order valence-electron chi connectivity index (χ1n) is 11.0. The molecule has 2 aliphatic rings. The second-order valence-electron chi connectivity index (χ2n) is 8.56. The van der Waals surface area contributed by atoms with Gasteiger partial charge >= 0.3 is 6.09 Å². The molecule has 2 fully saturated rings. The molecule has 2 atom stereocenters. The van der Waals surface area contributed by atoms with Crippen molar-refractivity contribution in [3.05, 3.63) is 54.1 Å². The number of halogens is 1. The maximum atomic E-state index is 13.1. The fraction of sp³-hybridized carbons (Fsp3) is 0.522. The number of anilines is 1. The second kappa shape index (κ2) is 9.60. The summed E-state index contributed by atoms with van der Waals surface area (Å²) in [6.45, 7) is 7.94. The van der Waals surface area contributed by atoms with Gasteiger partial charge in [-0.3, -0.25) is 9.80 Å². The number of ether oxygens (including phenoxy) is 1. The Morgan fingerprint density at radius 2 is 1.68 bits per heavy atom. The van der Waals surface area contributed by atoms with Gasteiger partial charge in [-0.15, -0.1) is 0 Å². The molecule has 4 rings (SSSR count). The topological polar surface area (TPSA) is 61.8 Å². The van der Waals surface area contributed by atoms with Crippen molar-refractivity contribution in [3.63, 3.8) is 0 Å². The van der Waals surface area contributed by atoms with E-state index in [9.17, 15) is 9.18 Å². The molecule has 0 unspecified atom stereocenters. The van der Waals surface area contributed by atoms with Gasteiger partial charge < -0.3 is 9.64 Å². The number of amides is 1. The molecule has 3 heterocycles. The minimum Gasteiger partial charge on any atom is -0.446 e. The van der Waals surface area contributed by atoms with Crippen LogP contribution in [0.25, 0.3) is 0 Å². The number of hydrogen-bond donors (Lipinski definition) is 0. The Labute approximate surface area is 182 Å². The van der Waals surface area contributed by atoms with Gasteiger partial charge in [0.2, 0.25) is 5.95 Å². The molecule has 0 saturated carbocycles. The van der Waals surface area contributed by atoms with Crippen molar-refractivity contribution in [2.45, 2.75) is 51.4 Å². The number of aromatic nitrogens is 2. The highest BCUT2D eigenvalue weighted by Gasteiger charge is 2.36. The first-order chi connectivity index (χ1) is 15.0. The summed E-state index contributed by atoms with van der Waals surface area (Å²) in [7, 11) is 0. The average Bonchev–Trinajstić information content (AvgIpc) is 2.76. The number of carbonyl (C=O) groups is 1. The third-order valence-corrected chi connectivity index (χ3v) is 6.07. The van der Waals surface area contributed by atoms with Crippen LogP contribution in [0.15, 0.2) is 42.7 Å². The summed E-state index contributed by atoms with van der Waals surface area (Å²) in [4.78, 5) is 27.3. The van der Waals surface area contributed by atoms with Gasteiger partial charge in [0.05, 0.1) is 24.5 Å². The Kier molecular flexibility index (Phi) is 6.65. The number of benzene rings is 1. The first-order valence-corrected chi connectivity index (χ1v) is 11.0. The molecule has 0 N–H and O–H groups in total. The predicted molar refractivity (Wildman–Crippen MR) is 116 cm³/mol. The zero-order valence-electron chi connectivity index (χ0n) is 18.2. The van der Waals surface area contributed by atoms with Gasteiger partial charge in [0.1, 0.15) is 6.10 Å². The molecular weight excluding hydrogens is 397 g/mol. The molecule has 2 saturated heterocycles. The molecule has 166 valence electrons. The van der Waals surface area contributed by atoms with E-state index < -0.39 is 5.82 Å². The van der Waals surface area contributed by atoms with E-state index in [1.54, 1.807) is 0 Å². The van der Waals surface area contributed by atoms with Crippen LogP contribution in [-0.2, 0) is 11.3 Å². The van der Waals surface area contributed by atoms with Gasteiger partial charge in [-0.1, -0.05) is 30.3 Å². The van der Waals surface area contributed by atoms with Gasteiger partial charge in [0.15, 0.2) is 5.82 Å². The lowest BCUT2D eigenvalue weighted by Crippen LogP contribution is -2.59. The van der Waals surface area contributed by atoms with Crippen molar-refractivity contribution < 1.29 is 13.9 Å². The summed E-state index contributed by atoms with van der Waals surface area (Å²) < 4.78 is 19.0. The lowest BCUT2D eigenvalue weighted by atomic mass is 10.1. The number of rotatable bonds is 4. The Bertz CT molecular complexity index is 846. The quantitative estimate of drug-likeness (QED) is 0.746. The lowest BCUT2D eigenvalue weighted by molar-refractivity contribution is 0.00996. The Balaban J connectivity index is 1.27. The summed E-state index contributed by atoms with van der Waals surface area (Å²) in [5.41, 5.74) is 1.31. The minimum absolute atomic E-state index is 0.0441. The van der Waals surface area contributed by atoms with Crippen molar-refractivity contribution in [2.24, 2.45) is 0 Å².